The SMILES string of the molecule is CCC(=O)Oc1ccc(C[C@](C)(NN)C(=O)OCOC(C)=O)cc1OC(=O)CC. The first-order chi connectivity index (χ1) is 13.6. The van der Waals surface area contributed by atoms with Gasteiger partial charge >= 0.3 is 23.9 Å². The maximum absolute atomic E-state index is 12.3. The van der Waals surface area contributed by atoms with Crippen LogP contribution < -0.4 is 20.7 Å². The highest BCUT2D eigenvalue weighted by atomic mass is 16.7. The largest absolute Gasteiger partial charge is 0.428 e. The Bertz CT molecular complexity index is 765. The lowest BCUT2D eigenvalue weighted by Gasteiger charge is -2.26. The number of rotatable bonds is 10. The molecule has 1 aromatic rings. The van der Waals surface area contributed by atoms with E-state index < -0.39 is 36.2 Å². The van der Waals surface area contributed by atoms with Crippen molar-refractivity contribution >= 4 is 23.9 Å². The molecule has 0 spiro atoms. The second kappa shape index (κ2) is 11.1. The van der Waals surface area contributed by atoms with E-state index in [1.165, 1.54) is 26.0 Å². The van der Waals surface area contributed by atoms with Gasteiger partial charge in [0.05, 0.1) is 0 Å². The van der Waals surface area contributed by atoms with Crippen LogP contribution in [0.2, 0.25) is 0 Å². The molecular formula is C19H26N2O8. The van der Waals surface area contributed by atoms with E-state index in [-0.39, 0.29) is 30.8 Å². The molecule has 1 aromatic carbocycles. The average Bonchev–Trinajstić information content (AvgIpc) is 2.69. The van der Waals surface area contributed by atoms with Crippen LogP contribution in [0.4, 0.5) is 0 Å². The summed E-state index contributed by atoms with van der Waals surface area (Å²) in [7, 11) is 0. The molecule has 0 fully saturated rings. The topological polar surface area (TPSA) is 143 Å². The maximum Gasteiger partial charge on any atom is 0.330 e. The Morgan fingerprint density at radius 2 is 1.59 bits per heavy atom. The molecule has 1 rings (SSSR count). The van der Waals surface area contributed by atoms with Gasteiger partial charge < -0.3 is 18.9 Å². The fraction of sp³-hybridized carbons (Fsp3) is 0.474. The minimum atomic E-state index is -1.37. The fourth-order valence-electron chi connectivity index (χ4n) is 2.13. The van der Waals surface area contributed by atoms with Crippen molar-refractivity contribution in [2.24, 2.45) is 5.84 Å². The molecule has 0 radical (unpaired) electrons. The first-order valence-corrected chi connectivity index (χ1v) is 8.97. The normalized spacial score (nSPS) is 12.4. The molecule has 0 aliphatic heterocycles. The summed E-state index contributed by atoms with van der Waals surface area (Å²) in [4.78, 5) is 46.4. The summed E-state index contributed by atoms with van der Waals surface area (Å²) in [6.07, 6.45) is 0.309. The van der Waals surface area contributed by atoms with E-state index in [1.54, 1.807) is 19.9 Å². The highest BCUT2D eigenvalue weighted by Crippen LogP contribution is 2.31. The molecule has 0 bridgehead atoms. The van der Waals surface area contributed by atoms with Crippen LogP contribution in [-0.2, 0) is 35.1 Å². The zero-order valence-electron chi connectivity index (χ0n) is 16.9. The number of hydrogen-bond donors (Lipinski definition) is 2. The van der Waals surface area contributed by atoms with Crippen molar-refractivity contribution in [1.29, 1.82) is 0 Å². The minimum absolute atomic E-state index is 0.0427. The second-order valence-corrected chi connectivity index (χ2v) is 6.28. The van der Waals surface area contributed by atoms with E-state index in [4.69, 9.17) is 20.1 Å². The quantitative estimate of drug-likeness (QED) is 0.189. The Morgan fingerprint density at radius 3 is 2.10 bits per heavy atom. The van der Waals surface area contributed by atoms with Gasteiger partial charge in [0.15, 0.2) is 11.5 Å². The van der Waals surface area contributed by atoms with Crippen molar-refractivity contribution in [2.45, 2.75) is 52.5 Å². The third kappa shape index (κ3) is 7.51. The van der Waals surface area contributed by atoms with Gasteiger partial charge in [0.1, 0.15) is 5.54 Å². The molecule has 0 unspecified atom stereocenters. The van der Waals surface area contributed by atoms with E-state index in [0.29, 0.717) is 5.56 Å². The van der Waals surface area contributed by atoms with Gasteiger partial charge in [0.25, 0.3) is 0 Å². The number of nitrogens with two attached hydrogens (primary N) is 1. The Labute approximate surface area is 168 Å². The van der Waals surface area contributed by atoms with Crippen LogP contribution in [0, 0.1) is 0 Å². The Morgan fingerprint density at radius 1 is 1.00 bits per heavy atom. The minimum Gasteiger partial charge on any atom is -0.428 e. The predicted octanol–water partition coefficient (Wildman–Crippen LogP) is 1.15. The molecule has 160 valence electrons. The van der Waals surface area contributed by atoms with E-state index in [1.807, 2.05) is 0 Å². The lowest BCUT2D eigenvalue weighted by atomic mass is 9.93. The zero-order chi connectivity index (χ0) is 22.0. The molecule has 3 N–H and O–H groups in total. The number of ether oxygens (including phenoxy) is 4. The van der Waals surface area contributed by atoms with Crippen LogP contribution in [0.5, 0.6) is 11.5 Å². The van der Waals surface area contributed by atoms with Gasteiger partial charge in [-0.15, -0.1) is 0 Å². The standard InChI is InChI=1S/C19H26N2O8/c1-5-16(23)28-14-8-7-13(9-15(14)29-17(24)6-2)10-19(4,21-20)18(25)27-11-26-12(3)22/h7-9,21H,5-6,10-11,20H2,1-4H3/t19-/m0/s1. The molecular weight excluding hydrogens is 384 g/mol. The van der Waals surface area contributed by atoms with Gasteiger partial charge in [-0.25, -0.2) is 10.2 Å². The fourth-order valence-corrected chi connectivity index (χ4v) is 2.13. The number of carbonyl (C=O) groups is 4. The molecule has 0 aromatic heterocycles. The highest BCUT2D eigenvalue weighted by molar-refractivity contribution is 5.81. The molecule has 0 saturated carbocycles. The Kier molecular flexibility index (Phi) is 9.23. The van der Waals surface area contributed by atoms with E-state index in [9.17, 15) is 19.2 Å². The van der Waals surface area contributed by atoms with E-state index in [0.717, 1.165) is 0 Å². The zero-order valence-corrected chi connectivity index (χ0v) is 16.9. The highest BCUT2D eigenvalue weighted by Gasteiger charge is 2.34. The van der Waals surface area contributed by atoms with Crippen molar-refractivity contribution in [3.8, 4) is 11.5 Å². The van der Waals surface area contributed by atoms with Gasteiger partial charge in [-0.2, -0.15) is 0 Å². The van der Waals surface area contributed by atoms with Gasteiger partial charge in [-0.05, 0) is 24.6 Å². The van der Waals surface area contributed by atoms with Crippen LogP contribution in [-0.4, -0.2) is 36.2 Å². The third-order valence-electron chi connectivity index (χ3n) is 3.81. The van der Waals surface area contributed by atoms with E-state index in [2.05, 4.69) is 10.2 Å². The van der Waals surface area contributed by atoms with Crippen LogP contribution in [0.25, 0.3) is 0 Å². The molecule has 29 heavy (non-hydrogen) atoms. The van der Waals surface area contributed by atoms with Crippen molar-refractivity contribution in [2.75, 3.05) is 6.79 Å². The van der Waals surface area contributed by atoms with Crippen LogP contribution in [0.1, 0.15) is 46.1 Å². The number of hydrogen-bond acceptors (Lipinski definition) is 10. The number of benzene rings is 1. The Hall–Kier alpha value is -2.98. The van der Waals surface area contributed by atoms with Crippen molar-refractivity contribution in [3.63, 3.8) is 0 Å². The van der Waals surface area contributed by atoms with Gasteiger partial charge in [0.2, 0.25) is 6.79 Å². The number of nitrogens with one attached hydrogen (secondary N) is 1. The van der Waals surface area contributed by atoms with Crippen molar-refractivity contribution in [1.82, 2.24) is 5.43 Å². The summed E-state index contributed by atoms with van der Waals surface area (Å²) in [6, 6.07) is 4.53. The number of carbonyl (C=O) groups excluding carboxylic acids is 4. The smallest absolute Gasteiger partial charge is 0.330 e. The molecule has 10 heteroatoms. The van der Waals surface area contributed by atoms with Crippen molar-refractivity contribution < 1.29 is 38.1 Å². The van der Waals surface area contributed by atoms with Crippen LogP contribution in [0.15, 0.2) is 18.2 Å². The summed E-state index contributed by atoms with van der Waals surface area (Å²) in [5, 5.41) is 0. The second-order valence-electron chi connectivity index (χ2n) is 6.28. The summed E-state index contributed by atoms with van der Waals surface area (Å²) < 4.78 is 19.9. The summed E-state index contributed by atoms with van der Waals surface area (Å²) in [5.74, 6) is 3.30. The summed E-state index contributed by atoms with van der Waals surface area (Å²) in [5.41, 5.74) is 1.56. The maximum atomic E-state index is 12.3. The molecule has 0 saturated heterocycles. The molecule has 1 atom stereocenters. The molecule has 0 amide bonds. The lowest BCUT2D eigenvalue weighted by molar-refractivity contribution is -0.170. The van der Waals surface area contributed by atoms with Crippen molar-refractivity contribution in [3.05, 3.63) is 23.8 Å². The number of hydrazine groups is 1. The summed E-state index contributed by atoms with van der Waals surface area (Å²) >= 11 is 0. The van der Waals surface area contributed by atoms with Crippen LogP contribution in [0.3, 0.4) is 0 Å². The lowest BCUT2D eigenvalue weighted by Crippen LogP contribution is -2.55. The Balaban J connectivity index is 3.06. The van der Waals surface area contributed by atoms with Gasteiger partial charge in [0, 0.05) is 26.2 Å². The predicted molar refractivity (Wildman–Crippen MR) is 100 cm³/mol. The van der Waals surface area contributed by atoms with E-state index >= 15 is 0 Å². The third-order valence-corrected chi connectivity index (χ3v) is 3.81. The average molecular weight is 410 g/mol. The molecule has 0 aliphatic carbocycles. The molecule has 10 nitrogen and oxygen atoms in total. The van der Waals surface area contributed by atoms with Gasteiger partial charge in [-0.3, -0.25) is 20.2 Å². The molecule has 0 heterocycles. The first kappa shape index (κ1) is 24.1. The first-order valence-electron chi connectivity index (χ1n) is 8.97. The molecule has 0 aliphatic rings. The van der Waals surface area contributed by atoms with Gasteiger partial charge in [-0.1, -0.05) is 19.9 Å². The number of esters is 4. The van der Waals surface area contributed by atoms with Crippen LogP contribution >= 0.6 is 0 Å². The monoisotopic (exact) mass is 410 g/mol. The summed E-state index contributed by atoms with van der Waals surface area (Å²) in [6.45, 7) is 5.38.